The molecule has 1 amide bonds. The molecule has 1 aromatic heterocycles. The van der Waals surface area contributed by atoms with Gasteiger partial charge in [-0.15, -0.1) is 0 Å². The summed E-state index contributed by atoms with van der Waals surface area (Å²) < 4.78 is 0. The molecule has 0 unspecified atom stereocenters. The van der Waals surface area contributed by atoms with Crippen molar-refractivity contribution in [2.45, 2.75) is 37.0 Å². The third-order valence-electron chi connectivity index (χ3n) is 3.67. The smallest absolute Gasteiger partial charge is 0.271 e. The van der Waals surface area contributed by atoms with Crippen LogP contribution in [-0.4, -0.2) is 40.2 Å². The third kappa shape index (κ3) is 4.48. The summed E-state index contributed by atoms with van der Waals surface area (Å²) in [7, 11) is 0. The normalized spacial score (nSPS) is 21.2. The highest BCUT2D eigenvalue weighted by molar-refractivity contribution is 7.99. The number of hydrogen-bond donors (Lipinski definition) is 2. The molecule has 5 heteroatoms. The van der Waals surface area contributed by atoms with Gasteiger partial charge in [0.2, 0.25) is 0 Å². The molecule has 1 fully saturated rings. The number of amides is 1. The van der Waals surface area contributed by atoms with Gasteiger partial charge in [-0.05, 0) is 44.1 Å². The molecule has 0 spiro atoms. The van der Waals surface area contributed by atoms with Gasteiger partial charge >= 0.3 is 0 Å². The number of aliphatic hydroxyl groups is 1. The Bertz CT molecular complexity index is 543. The molecule has 1 saturated carbocycles. The lowest BCUT2D eigenvalue weighted by Gasteiger charge is -2.28. The van der Waals surface area contributed by atoms with Crippen LogP contribution in [0.3, 0.4) is 0 Å². The molecule has 1 aliphatic carbocycles. The number of carbonyl (C=O) groups is 1. The van der Waals surface area contributed by atoms with E-state index in [9.17, 15) is 4.79 Å². The first-order valence-electron chi connectivity index (χ1n) is 7.13. The second-order valence-corrected chi connectivity index (χ2v) is 6.18. The average Bonchev–Trinajstić information content (AvgIpc) is 2.54. The number of thioether (sulfide) groups is 1. The Balaban J connectivity index is 2.01. The van der Waals surface area contributed by atoms with Crippen LogP contribution in [0.25, 0.3) is 0 Å². The molecule has 1 heterocycles. The minimum absolute atomic E-state index is 0.176. The number of nitrogens with one attached hydrogen (secondary N) is 1. The lowest BCUT2D eigenvalue weighted by Crippen LogP contribution is -2.38. The number of carbonyl (C=O) groups excluding carboxylic acids is 1. The molecule has 0 aromatic carbocycles. The largest absolute Gasteiger partial charge is 0.384 e. The zero-order chi connectivity index (χ0) is 15.1. The van der Waals surface area contributed by atoms with Crippen LogP contribution < -0.4 is 5.32 Å². The molecule has 1 aliphatic rings. The molecule has 112 valence electrons. The van der Waals surface area contributed by atoms with Crippen molar-refractivity contribution in [2.75, 3.05) is 12.9 Å². The molecule has 4 nitrogen and oxygen atoms in total. The van der Waals surface area contributed by atoms with E-state index in [4.69, 9.17) is 5.11 Å². The van der Waals surface area contributed by atoms with Crippen LogP contribution in [0, 0.1) is 11.8 Å². The first-order valence-corrected chi connectivity index (χ1v) is 8.41. The predicted octanol–water partition coefficient (Wildman–Crippen LogP) is 1.83. The summed E-state index contributed by atoms with van der Waals surface area (Å²) in [4.78, 5) is 16.5. The SMILES string of the molecule is CSC1CCC(NC(=O)c2ncccc2C#CCO)CC1. The van der Waals surface area contributed by atoms with Gasteiger partial charge in [0.25, 0.3) is 5.91 Å². The molecular formula is C16H20N2O2S. The molecule has 1 aromatic rings. The summed E-state index contributed by atoms with van der Waals surface area (Å²) >= 11 is 1.91. The van der Waals surface area contributed by atoms with Crippen LogP contribution in [0.15, 0.2) is 18.3 Å². The maximum atomic E-state index is 12.3. The standard InChI is InChI=1S/C16H20N2O2S/c1-21-14-8-6-13(7-9-14)18-16(20)15-12(5-3-11-19)4-2-10-17-15/h2,4,10,13-14,19H,6-9,11H2,1H3,(H,18,20). The van der Waals surface area contributed by atoms with E-state index >= 15 is 0 Å². The van der Waals surface area contributed by atoms with Crippen LogP contribution in [0.4, 0.5) is 0 Å². The summed E-state index contributed by atoms with van der Waals surface area (Å²) in [5, 5.41) is 12.5. The van der Waals surface area contributed by atoms with Crippen molar-refractivity contribution >= 4 is 17.7 Å². The lowest BCUT2D eigenvalue weighted by atomic mass is 9.95. The van der Waals surface area contributed by atoms with Crippen molar-refractivity contribution in [1.82, 2.24) is 10.3 Å². The predicted molar refractivity (Wildman–Crippen MR) is 85.2 cm³/mol. The van der Waals surface area contributed by atoms with Gasteiger partial charge in [0.05, 0.1) is 5.56 Å². The summed E-state index contributed by atoms with van der Waals surface area (Å²) in [6, 6.07) is 3.71. The summed E-state index contributed by atoms with van der Waals surface area (Å²) in [6.07, 6.45) is 8.05. The number of aliphatic hydroxyl groups excluding tert-OH is 1. The van der Waals surface area contributed by atoms with E-state index in [-0.39, 0.29) is 18.6 Å². The van der Waals surface area contributed by atoms with Crippen molar-refractivity contribution in [3.05, 3.63) is 29.6 Å². The van der Waals surface area contributed by atoms with E-state index in [0.29, 0.717) is 11.3 Å². The van der Waals surface area contributed by atoms with E-state index < -0.39 is 0 Å². The maximum absolute atomic E-state index is 12.3. The topological polar surface area (TPSA) is 62.2 Å². The number of nitrogens with zero attached hydrogens (tertiary/aromatic N) is 1. The molecule has 0 saturated heterocycles. The third-order valence-corrected chi connectivity index (χ3v) is 4.81. The minimum atomic E-state index is -0.228. The fraction of sp³-hybridized carbons (Fsp3) is 0.500. The zero-order valence-electron chi connectivity index (χ0n) is 12.1. The van der Waals surface area contributed by atoms with Crippen LogP contribution in [0.1, 0.15) is 41.7 Å². The molecule has 21 heavy (non-hydrogen) atoms. The highest BCUT2D eigenvalue weighted by atomic mass is 32.2. The second-order valence-electron chi connectivity index (χ2n) is 5.04. The average molecular weight is 304 g/mol. The van der Waals surface area contributed by atoms with E-state index in [1.54, 1.807) is 18.3 Å². The van der Waals surface area contributed by atoms with Gasteiger partial charge in [-0.2, -0.15) is 11.8 Å². The van der Waals surface area contributed by atoms with E-state index in [1.165, 1.54) is 0 Å². The number of rotatable bonds is 3. The van der Waals surface area contributed by atoms with Crippen molar-refractivity contribution in [1.29, 1.82) is 0 Å². The van der Waals surface area contributed by atoms with Crippen LogP contribution in [0.2, 0.25) is 0 Å². The van der Waals surface area contributed by atoms with Gasteiger partial charge in [-0.3, -0.25) is 4.79 Å². The Hall–Kier alpha value is -1.51. The molecule has 0 bridgehead atoms. The van der Waals surface area contributed by atoms with Gasteiger partial charge in [0, 0.05) is 17.5 Å². The molecule has 0 radical (unpaired) electrons. The Kier molecular flexibility index (Phi) is 6.09. The van der Waals surface area contributed by atoms with E-state index in [0.717, 1.165) is 30.9 Å². The number of pyridine rings is 1. The second kappa shape index (κ2) is 8.06. The maximum Gasteiger partial charge on any atom is 0.271 e. The minimum Gasteiger partial charge on any atom is -0.384 e. The zero-order valence-corrected chi connectivity index (χ0v) is 12.9. The fourth-order valence-corrected chi connectivity index (χ4v) is 3.26. The van der Waals surface area contributed by atoms with Crippen LogP contribution in [-0.2, 0) is 0 Å². The Morgan fingerprint density at radius 3 is 2.90 bits per heavy atom. The Labute approximate surface area is 129 Å². The van der Waals surface area contributed by atoms with E-state index in [1.807, 2.05) is 11.8 Å². The molecule has 2 N–H and O–H groups in total. The van der Waals surface area contributed by atoms with Crippen LogP contribution >= 0.6 is 11.8 Å². The molecule has 0 aliphatic heterocycles. The van der Waals surface area contributed by atoms with Gasteiger partial charge in [-0.25, -0.2) is 4.98 Å². The number of aromatic nitrogens is 1. The number of hydrogen-bond acceptors (Lipinski definition) is 4. The molecule has 2 rings (SSSR count). The Morgan fingerprint density at radius 2 is 2.24 bits per heavy atom. The lowest BCUT2D eigenvalue weighted by molar-refractivity contribution is 0.0923. The first-order chi connectivity index (χ1) is 10.2. The van der Waals surface area contributed by atoms with E-state index in [2.05, 4.69) is 28.4 Å². The van der Waals surface area contributed by atoms with Crippen molar-refractivity contribution in [2.24, 2.45) is 0 Å². The van der Waals surface area contributed by atoms with Gasteiger partial charge in [0.1, 0.15) is 12.3 Å². The monoisotopic (exact) mass is 304 g/mol. The van der Waals surface area contributed by atoms with Gasteiger partial charge < -0.3 is 10.4 Å². The fourth-order valence-electron chi connectivity index (χ4n) is 2.52. The molecular weight excluding hydrogens is 284 g/mol. The molecule has 0 atom stereocenters. The Morgan fingerprint density at radius 1 is 1.48 bits per heavy atom. The quantitative estimate of drug-likeness (QED) is 0.836. The van der Waals surface area contributed by atoms with Crippen molar-refractivity contribution in [3.8, 4) is 11.8 Å². The van der Waals surface area contributed by atoms with Gasteiger partial charge in [0.15, 0.2) is 0 Å². The highest BCUT2D eigenvalue weighted by Crippen LogP contribution is 2.26. The summed E-state index contributed by atoms with van der Waals surface area (Å²) in [6.45, 7) is -0.228. The highest BCUT2D eigenvalue weighted by Gasteiger charge is 2.23. The van der Waals surface area contributed by atoms with Crippen molar-refractivity contribution in [3.63, 3.8) is 0 Å². The van der Waals surface area contributed by atoms with Crippen LogP contribution in [0.5, 0.6) is 0 Å². The first kappa shape index (κ1) is 15.9. The van der Waals surface area contributed by atoms with Gasteiger partial charge in [-0.1, -0.05) is 11.8 Å². The summed E-state index contributed by atoms with van der Waals surface area (Å²) in [5.74, 6) is 5.15. The summed E-state index contributed by atoms with van der Waals surface area (Å²) in [5.41, 5.74) is 0.896. The van der Waals surface area contributed by atoms with Crippen molar-refractivity contribution < 1.29 is 9.90 Å².